The molecule has 5 unspecified atom stereocenters. The number of unbranched alkanes of at least 4 members (excludes halogenated alkanes) is 10. The molecular formula is C32H56O14. The minimum Gasteiger partial charge on any atom is -0.481 e. The van der Waals surface area contributed by atoms with E-state index in [1.54, 1.807) is 0 Å². The Balaban J connectivity index is 1.69. The molecule has 268 valence electrons. The van der Waals surface area contributed by atoms with Crippen molar-refractivity contribution >= 4 is 17.9 Å². The average molecular weight is 665 g/mol. The number of aliphatic carboxylic acids is 1. The number of carboxylic acids is 1. The van der Waals surface area contributed by atoms with E-state index in [0.717, 1.165) is 19.3 Å². The maximum absolute atomic E-state index is 12.1. The molecule has 1 saturated heterocycles. The van der Waals surface area contributed by atoms with Crippen molar-refractivity contribution in [2.45, 2.75) is 158 Å². The summed E-state index contributed by atoms with van der Waals surface area (Å²) in [5, 5.41) is 81.6. The third-order valence-electron chi connectivity index (χ3n) is 8.95. The largest absolute Gasteiger partial charge is 0.481 e. The maximum atomic E-state index is 12.1. The molecule has 0 aromatic rings. The summed E-state index contributed by atoms with van der Waals surface area (Å²) >= 11 is 0. The van der Waals surface area contributed by atoms with E-state index in [2.05, 4.69) is 6.92 Å². The highest BCUT2D eigenvalue weighted by molar-refractivity contribution is 5.76. The van der Waals surface area contributed by atoms with E-state index in [0.29, 0.717) is 6.42 Å². The number of carboxylic acid groups (broad SMARTS) is 1. The fraction of sp³-hybridized carbons (Fsp3) is 0.906. The summed E-state index contributed by atoms with van der Waals surface area (Å²) in [6.07, 6.45) is -2.22. The number of ether oxygens (including phenoxy) is 3. The number of rotatable bonds is 24. The number of carbonyl (C=O) groups is 3. The van der Waals surface area contributed by atoms with Gasteiger partial charge in [0.2, 0.25) is 0 Å². The molecule has 1 aliphatic carbocycles. The summed E-state index contributed by atoms with van der Waals surface area (Å²) in [7, 11) is 0. The normalized spacial score (nSPS) is 28.6. The van der Waals surface area contributed by atoms with Crippen LogP contribution in [0.5, 0.6) is 0 Å². The van der Waals surface area contributed by atoms with E-state index in [1.165, 1.54) is 44.9 Å². The highest BCUT2D eigenvalue weighted by Gasteiger charge is 2.57. The Hall–Kier alpha value is -1.91. The van der Waals surface area contributed by atoms with E-state index in [1.807, 2.05) is 0 Å². The molecule has 0 bridgehead atoms. The second-order valence-corrected chi connectivity index (χ2v) is 12.8. The lowest BCUT2D eigenvalue weighted by atomic mass is 9.90. The number of hydrogen-bond acceptors (Lipinski definition) is 13. The number of aliphatic hydroxyl groups is 7. The Morgan fingerprint density at radius 3 is 1.87 bits per heavy atom. The van der Waals surface area contributed by atoms with Gasteiger partial charge in [0, 0.05) is 6.42 Å². The molecule has 8 N–H and O–H groups in total. The first-order chi connectivity index (χ1) is 21.9. The Labute approximate surface area is 270 Å². The molecule has 0 amide bonds. The van der Waals surface area contributed by atoms with Crippen LogP contribution in [0.2, 0.25) is 0 Å². The van der Waals surface area contributed by atoms with Gasteiger partial charge in [-0.25, -0.2) is 0 Å². The zero-order valence-corrected chi connectivity index (χ0v) is 26.9. The van der Waals surface area contributed by atoms with Crippen molar-refractivity contribution in [2.75, 3.05) is 13.2 Å². The molecule has 2 aliphatic rings. The van der Waals surface area contributed by atoms with Crippen LogP contribution in [0.15, 0.2) is 0 Å². The van der Waals surface area contributed by atoms with Crippen molar-refractivity contribution in [2.24, 2.45) is 11.8 Å². The predicted molar refractivity (Wildman–Crippen MR) is 162 cm³/mol. The summed E-state index contributed by atoms with van der Waals surface area (Å²) < 4.78 is 15.7. The second-order valence-electron chi connectivity index (χ2n) is 12.8. The summed E-state index contributed by atoms with van der Waals surface area (Å²) in [5.41, 5.74) is 0. The van der Waals surface area contributed by atoms with Crippen molar-refractivity contribution < 1.29 is 69.4 Å². The molecule has 1 heterocycles. The zero-order valence-electron chi connectivity index (χ0n) is 26.9. The molecule has 1 saturated carbocycles. The van der Waals surface area contributed by atoms with Gasteiger partial charge in [0.15, 0.2) is 0 Å². The quantitative estimate of drug-likeness (QED) is 0.0520. The Kier molecular flexibility index (Phi) is 18.5. The van der Waals surface area contributed by atoms with Crippen LogP contribution in [0, 0.1) is 11.8 Å². The van der Waals surface area contributed by atoms with Crippen LogP contribution in [0.4, 0.5) is 0 Å². The van der Waals surface area contributed by atoms with Crippen molar-refractivity contribution in [1.29, 1.82) is 0 Å². The highest BCUT2D eigenvalue weighted by atomic mass is 16.6. The third kappa shape index (κ3) is 13.7. The molecule has 0 radical (unpaired) electrons. The lowest BCUT2D eigenvalue weighted by Crippen LogP contribution is -2.59. The molecule has 46 heavy (non-hydrogen) atoms. The van der Waals surface area contributed by atoms with Gasteiger partial charge in [-0.2, -0.15) is 0 Å². The summed E-state index contributed by atoms with van der Waals surface area (Å²) in [6, 6.07) is 0. The molecule has 0 aromatic heterocycles. The van der Waals surface area contributed by atoms with Crippen LogP contribution in [0.1, 0.15) is 103 Å². The van der Waals surface area contributed by atoms with E-state index < -0.39 is 111 Å². The minimum absolute atomic E-state index is 0.168. The van der Waals surface area contributed by atoms with E-state index >= 15 is 0 Å². The smallest absolute Gasteiger partial charge is 0.306 e. The van der Waals surface area contributed by atoms with Crippen LogP contribution < -0.4 is 0 Å². The van der Waals surface area contributed by atoms with Gasteiger partial charge in [0.1, 0.15) is 55.9 Å². The molecule has 2 fully saturated rings. The van der Waals surface area contributed by atoms with E-state index in [9.17, 15) is 50.1 Å². The number of esters is 2. The molecule has 11 atom stereocenters. The molecule has 14 heteroatoms. The second kappa shape index (κ2) is 21.1. The summed E-state index contributed by atoms with van der Waals surface area (Å²) in [5.74, 6) is -3.93. The number of aliphatic hydroxyl groups excluding tert-OH is 7. The number of carbonyl (C=O) groups excluding carboxylic acids is 2. The molecular weight excluding hydrogens is 608 g/mol. The lowest BCUT2D eigenvalue weighted by Gasteiger charge is -2.41. The van der Waals surface area contributed by atoms with E-state index in [-0.39, 0.29) is 12.8 Å². The van der Waals surface area contributed by atoms with Gasteiger partial charge in [-0.1, -0.05) is 71.1 Å². The predicted octanol–water partition coefficient (Wildman–Crippen LogP) is 0.569. The van der Waals surface area contributed by atoms with Crippen molar-refractivity contribution in [1.82, 2.24) is 0 Å². The summed E-state index contributed by atoms with van der Waals surface area (Å²) in [4.78, 5) is 34.4. The average Bonchev–Trinajstić information content (AvgIpc) is 3.83. The first-order valence-corrected chi connectivity index (χ1v) is 16.8. The van der Waals surface area contributed by atoms with Gasteiger partial charge in [-0.15, -0.1) is 0 Å². The van der Waals surface area contributed by atoms with Gasteiger partial charge in [0.25, 0.3) is 0 Å². The lowest BCUT2D eigenvalue weighted by molar-refractivity contribution is -0.238. The fourth-order valence-corrected chi connectivity index (χ4v) is 5.90. The van der Waals surface area contributed by atoms with Crippen LogP contribution >= 0.6 is 0 Å². The Morgan fingerprint density at radius 1 is 0.717 bits per heavy atom. The zero-order chi connectivity index (χ0) is 34.2. The molecule has 0 spiro atoms. The highest BCUT2D eigenvalue weighted by Crippen LogP contribution is 2.48. The SMILES string of the molecule is CCCCCCCCCCCCCC(=O)OCC(O)[C@@H](O)[C@H](O)C(O)[C@H]1CC1[C@@H]1O[C@H](COC(=O)CCC(=O)O)[C@H](O)C(O)C1O. The van der Waals surface area contributed by atoms with Crippen LogP contribution in [0.3, 0.4) is 0 Å². The number of hydrogen-bond donors (Lipinski definition) is 8. The van der Waals surface area contributed by atoms with Gasteiger partial charge in [-0.3, -0.25) is 14.4 Å². The molecule has 1 aliphatic heterocycles. The Bertz CT molecular complexity index is 902. The van der Waals surface area contributed by atoms with Gasteiger partial charge < -0.3 is 55.1 Å². The standard InChI is InChI=1S/C32H56O14/c1-2-3-4-5-6-7-8-9-10-11-12-13-24(36)44-17-21(33)27(39)29(41)26(38)19-16-20(19)32-31(43)30(42)28(40)22(46-32)18-45-25(37)15-14-23(34)35/h19-22,26-33,38-43H,2-18H2,1H3,(H,34,35)/t19-,20?,21?,22+,26?,27+,28-,29+,30?,31?,32-/m0/s1. The first kappa shape index (κ1) is 40.3. The van der Waals surface area contributed by atoms with E-state index in [4.69, 9.17) is 19.3 Å². The molecule has 14 nitrogen and oxygen atoms in total. The van der Waals surface area contributed by atoms with Crippen LogP contribution in [0.25, 0.3) is 0 Å². The van der Waals surface area contributed by atoms with Gasteiger partial charge in [-0.05, 0) is 24.7 Å². The van der Waals surface area contributed by atoms with Gasteiger partial charge in [0.05, 0.1) is 25.0 Å². The molecule has 0 aromatic carbocycles. The van der Waals surface area contributed by atoms with Crippen molar-refractivity contribution in [3.63, 3.8) is 0 Å². The van der Waals surface area contributed by atoms with Crippen LogP contribution in [-0.4, -0.2) is 127 Å². The van der Waals surface area contributed by atoms with Crippen LogP contribution in [-0.2, 0) is 28.6 Å². The maximum Gasteiger partial charge on any atom is 0.306 e. The summed E-state index contributed by atoms with van der Waals surface area (Å²) in [6.45, 7) is 1.11. The molecule has 2 rings (SSSR count). The van der Waals surface area contributed by atoms with Crippen molar-refractivity contribution in [3.8, 4) is 0 Å². The topological polar surface area (TPSA) is 241 Å². The monoisotopic (exact) mass is 664 g/mol. The minimum atomic E-state index is -1.85. The van der Waals surface area contributed by atoms with Gasteiger partial charge >= 0.3 is 17.9 Å². The first-order valence-electron chi connectivity index (χ1n) is 16.8. The third-order valence-corrected chi connectivity index (χ3v) is 8.95. The fourth-order valence-electron chi connectivity index (χ4n) is 5.90. The van der Waals surface area contributed by atoms with Crippen molar-refractivity contribution in [3.05, 3.63) is 0 Å². The Morgan fingerprint density at radius 2 is 1.28 bits per heavy atom.